The number of ether oxygens (including phenoxy) is 1. The second-order valence-electron chi connectivity index (χ2n) is 5.59. The fourth-order valence-corrected chi connectivity index (χ4v) is 2.63. The van der Waals surface area contributed by atoms with Gasteiger partial charge in [0.1, 0.15) is 0 Å². The minimum Gasteiger partial charge on any atom is -0.466 e. The van der Waals surface area contributed by atoms with E-state index < -0.39 is 0 Å². The first kappa shape index (κ1) is 14.2. The molecule has 19 heavy (non-hydrogen) atoms. The van der Waals surface area contributed by atoms with Gasteiger partial charge in [0.2, 0.25) is 0 Å². The van der Waals surface area contributed by atoms with Crippen LogP contribution in [0.25, 0.3) is 0 Å². The van der Waals surface area contributed by atoms with Crippen molar-refractivity contribution in [3.05, 3.63) is 0 Å². The standard InChI is InChI=1S/C14H24N2O3/c1-3-19-13(17)10-4-8-12(9-5-10)16(2)14(18)15-11-6-7-11/h10-12H,3-9H2,1-2H3,(H,15,18). The van der Waals surface area contributed by atoms with Crippen LogP contribution in [0.15, 0.2) is 0 Å². The van der Waals surface area contributed by atoms with E-state index in [9.17, 15) is 9.59 Å². The van der Waals surface area contributed by atoms with E-state index in [0.717, 1.165) is 38.5 Å². The Morgan fingerprint density at radius 1 is 1.16 bits per heavy atom. The van der Waals surface area contributed by atoms with E-state index in [4.69, 9.17) is 4.74 Å². The van der Waals surface area contributed by atoms with Gasteiger partial charge in [0.05, 0.1) is 12.5 Å². The highest BCUT2D eigenvalue weighted by molar-refractivity contribution is 5.75. The van der Waals surface area contributed by atoms with Gasteiger partial charge >= 0.3 is 12.0 Å². The lowest BCUT2D eigenvalue weighted by atomic mass is 9.85. The molecule has 2 amide bonds. The lowest BCUT2D eigenvalue weighted by Crippen LogP contribution is -2.46. The zero-order valence-electron chi connectivity index (χ0n) is 11.9. The Morgan fingerprint density at radius 2 is 1.79 bits per heavy atom. The second kappa shape index (κ2) is 6.26. The molecule has 0 heterocycles. The number of amides is 2. The molecule has 2 rings (SSSR count). The van der Waals surface area contributed by atoms with Crippen LogP contribution >= 0.6 is 0 Å². The van der Waals surface area contributed by atoms with Crippen LogP contribution in [0.1, 0.15) is 45.4 Å². The Kier molecular flexibility index (Phi) is 4.66. The van der Waals surface area contributed by atoms with Crippen LogP contribution in [-0.4, -0.2) is 42.6 Å². The summed E-state index contributed by atoms with van der Waals surface area (Å²) >= 11 is 0. The number of urea groups is 1. The maximum absolute atomic E-state index is 11.9. The van der Waals surface area contributed by atoms with E-state index in [2.05, 4.69) is 5.32 Å². The number of esters is 1. The average molecular weight is 268 g/mol. The molecule has 5 heteroatoms. The van der Waals surface area contributed by atoms with Crippen LogP contribution in [0.2, 0.25) is 0 Å². The first-order valence-electron chi connectivity index (χ1n) is 7.31. The molecule has 2 aliphatic carbocycles. The van der Waals surface area contributed by atoms with Crippen molar-refractivity contribution in [2.24, 2.45) is 5.92 Å². The molecule has 1 N–H and O–H groups in total. The predicted octanol–water partition coefficient (Wildman–Crippen LogP) is 1.91. The van der Waals surface area contributed by atoms with E-state index in [1.165, 1.54) is 0 Å². The Balaban J connectivity index is 1.75. The normalized spacial score (nSPS) is 26.6. The molecule has 0 bridgehead atoms. The van der Waals surface area contributed by atoms with Gasteiger partial charge in [-0.05, 0) is 45.4 Å². The van der Waals surface area contributed by atoms with Crippen LogP contribution in [0.3, 0.4) is 0 Å². The SMILES string of the molecule is CCOC(=O)C1CCC(N(C)C(=O)NC2CC2)CC1. The summed E-state index contributed by atoms with van der Waals surface area (Å²) in [5.41, 5.74) is 0. The molecule has 108 valence electrons. The summed E-state index contributed by atoms with van der Waals surface area (Å²) in [5.74, 6) is -0.0536. The van der Waals surface area contributed by atoms with Crippen LogP contribution in [0.5, 0.6) is 0 Å². The maximum atomic E-state index is 11.9. The molecule has 0 aromatic rings. The Labute approximate surface area is 114 Å². The molecule has 0 aromatic heterocycles. The predicted molar refractivity (Wildman–Crippen MR) is 71.7 cm³/mol. The zero-order chi connectivity index (χ0) is 13.8. The largest absolute Gasteiger partial charge is 0.466 e. The lowest BCUT2D eigenvalue weighted by Gasteiger charge is -2.33. The summed E-state index contributed by atoms with van der Waals surface area (Å²) in [6, 6.07) is 0.678. The Morgan fingerprint density at radius 3 is 2.32 bits per heavy atom. The van der Waals surface area contributed by atoms with Crippen molar-refractivity contribution in [1.29, 1.82) is 0 Å². The number of carbonyl (C=O) groups excluding carboxylic acids is 2. The van der Waals surface area contributed by atoms with Crippen LogP contribution in [0, 0.1) is 5.92 Å². The molecule has 0 aliphatic heterocycles. The highest BCUT2D eigenvalue weighted by atomic mass is 16.5. The number of hydrogen-bond acceptors (Lipinski definition) is 3. The third-order valence-corrected chi connectivity index (χ3v) is 4.09. The van der Waals surface area contributed by atoms with Crippen molar-refractivity contribution in [2.75, 3.05) is 13.7 Å². The molecule has 0 unspecified atom stereocenters. The minimum absolute atomic E-state index is 0.0242. The fraction of sp³-hybridized carbons (Fsp3) is 0.857. The van der Waals surface area contributed by atoms with Crippen LogP contribution in [-0.2, 0) is 9.53 Å². The summed E-state index contributed by atoms with van der Waals surface area (Å²) < 4.78 is 5.05. The molecule has 0 radical (unpaired) electrons. The average Bonchev–Trinajstić information content (AvgIpc) is 3.22. The Bertz CT molecular complexity index is 334. The Hall–Kier alpha value is -1.26. The molecule has 5 nitrogen and oxygen atoms in total. The highest BCUT2D eigenvalue weighted by Crippen LogP contribution is 2.28. The van der Waals surface area contributed by atoms with E-state index in [1.807, 2.05) is 14.0 Å². The van der Waals surface area contributed by atoms with Gasteiger partial charge in [-0.2, -0.15) is 0 Å². The van der Waals surface area contributed by atoms with Gasteiger partial charge in [0.25, 0.3) is 0 Å². The molecule has 0 spiro atoms. The third kappa shape index (κ3) is 3.85. The van der Waals surface area contributed by atoms with Gasteiger partial charge in [-0.3, -0.25) is 4.79 Å². The maximum Gasteiger partial charge on any atom is 0.317 e. The van der Waals surface area contributed by atoms with Crippen molar-refractivity contribution in [2.45, 2.75) is 57.5 Å². The highest BCUT2D eigenvalue weighted by Gasteiger charge is 2.32. The summed E-state index contributed by atoms with van der Waals surface area (Å²) in [7, 11) is 1.85. The lowest BCUT2D eigenvalue weighted by molar-refractivity contribution is -0.149. The zero-order valence-corrected chi connectivity index (χ0v) is 11.9. The van der Waals surface area contributed by atoms with Crippen molar-refractivity contribution < 1.29 is 14.3 Å². The number of hydrogen-bond donors (Lipinski definition) is 1. The molecule has 0 aromatic carbocycles. The first-order valence-corrected chi connectivity index (χ1v) is 7.31. The molecule has 2 fully saturated rings. The summed E-state index contributed by atoms with van der Waals surface area (Å²) in [4.78, 5) is 25.4. The van der Waals surface area contributed by atoms with Gasteiger partial charge in [-0.25, -0.2) is 4.79 Å². The van der Waals surface area contributed by atoms with Crippen molar-refractivity contribution >= 4 is 12.0 Å². The monoisotopic (exact) mass is 268 g/mol. The van der Waals surface area contributed by atoms with Crippen molar-refractivity contribution in [3.63, 3.8) is 0 Å². The minimum atomic E-state index is -0.0777. The van der Waals surface area contributed by atoms with Crippen molar-refractivity contribution in [3.8, 4) is 0 Å². The van der Waals surface area contributed by atoms with Crippen molar-refractivity contribution in [1.82, 2.24) is 10.2 Å². The number of nitrogens with zero attached hydrogens (tertiary/aromatic N) is 1. The summed E-state index contributed by atoms with van der Waals surface area (Å²) in [5, 5.41) is 3.00. The number of rotatable bonds is 4. The number of nitrogens with one attached hydrogen (secondary N) is 1. The van der Waals surface area contributed by atoms with Gasteiger partial charge in [0, 0.05) is 19.1 Å². The molecule has 2 saturated carbocycles. The second-order valence-corrected chi connectivity index (χ2v) is 5.59. The van der Waals surface area contributed by atoms with E-state index in [0.29, 0.717) is 12.6 Å². The van der Waals surface area contributed by atoms with Crippen LogP contribution in [0.4, 0.5) is 4.79 Å². The third-order valence-electron chi connectivity index (χ3n) is 4.09. The molecular weight excluding hydrogens is 244 g/mol. The van der Waals surface area contributed by atoms with Gasteiger partial charge in [0.15, 0.2) is 0 Å². The summed E-state index contributed by atoms with van der Waals surface area (Å²) in [6.45, 7) is 2.28. The molecule has 2 aliphatic rings. The van der Waals surface area contributed by atoms with E-state index >= 15 is 0 Å². The number of carbonyl (C=O) groups is 2. The molecule has 0 atom stereocenters. The van der Waals surface area contributed by atoms with Crippen LogP contribution < -0.4 is 5.32 Å². The smallest absolute Gasteiger partial charge is 0.317 e. The molecule has 0 saturated heterocycles. The first-order chi connectivity index (χ1) is 9.11. The van der Waals surface area contributed by atoms with E-state index in [1.54, 1.807) is 4.90 Å². The van der Waals surface area contributed by atoms with Gasteiger partial charge in [-0.15, -0.1) is 0 Å². The van der Waals surface area contributed by atoms with Gasteiger partial charge < -0.3 is 15.0 Å². The fourth-order valence-electron chi connectivity index (χ4n) is 2.63. The van der Waals surface area contributed by atoms with Gasteiger partial charge in [-0.1, -0.05) is 0 Å². The quantitative estimate of drug-likeness (QED) is 0.792. The molecular formula is C14H24N2O3. The van der Waals surface area contributed by atoms with E-state index in [-0.39, 0.29) is 24.0 Å². The topological polar surface area (TPSA) is 58.6 Å². The summed E-state index contributed by atoms with van der Waals surface area (Å²) in [6.07, 6.45) is 5.63.